The zero-order valence-corrected chi connectivity index (χ0v) is 11.4. The molecule has 2 aliphatic rings. The van der Waals surface area contributed by atoms with Gasteiger partial charge in [0.2, 0.25) is 0 Å². The van der Waals surface area contributed by atoms with E-state index < -0.39 is 5.60 Å². The highest BCUT2D eigenvalue weighted by Gasteiger charge is 2.31. The topological polar surface area (TPSA) is 51.1 Å². The van der Waals surface area contributed by atoms with Gasteiger partial charge in [0.05, 0.1) is 12.5 Å². The molecule has 0 aromatic rings. The fourth-order valence-corrected chi connectivity index (χ4v) is 2.27. The minimum absolute atomic E-state index is 0.231. The number of carbonyl (C=O) groups is 1. The van der Waals surface area contributed by atoms with Crippen molar-refractivity contribution in [2.24, 2.45) is 10.9 Å². The number of hydrogen-bond donors (Lipinski definition) is 0. The van der Waals surface area contributed by atoms with Gasteiger partial charge in [0.25, 0.3) is 0 Å². The van der Waals surface area contributed by atoms with Crippen molar-refractivity contribution in [2.75, 3.05) is 26.2 Å². The highest BCUT2D eigenvalue weighted by molar-refractivity contribution is 5.81. The molecular formula is C13H22N2O3. The summed E-state index contributed by atoms with van der Waals surface area (Å²) in [6.07, 6.45) is 1.79. The molecular weight excluding hydrogens is 232 g/mol. The summed E-state index contributed by atoms with van der Waals surface area (Å²) in [6, 6.07) is 0. The van der Waals surface area contributed by atoms with Crippen molar-refractivity contribution in [1.82, 2.24) is 4.90 Å². The summed E-state index contributed by atoms with van der Waals surface area (Å²) in [7, 11) is 0. The number of ether oxygens (including phenoxy) is 2. The average molecular weight is 254 g/mol. The van der Waals surface area contributed by atoms with Crippen LogP contribution in [0.1, 0.15) is 33.6 Å². The maximum atomic E-state index is 12.0. The summed E-state index contributed by atoms with van der Waals surface area (Å²) in [6.45, 7) is 8.51. The van der Waals surface area contributed by atoms with Crippen LogP contribution in [0.2, 0.25) is 0 Å². The Labute approximate surface area is 108 Å². The van der Waals surface area contributed by atoms with Gasteiger partial charge in [-0.15, -0.1) is 0 Å². The number of rotatable bonds is 1. The molecule has 0 saturated carbocycles. The predicted molar refractivity (Wildman–Crippen MR) is 68.8 cm³/mol. The number of nitrogens with zero attached hydrogens (tertiary/aromatic N) is 2. The van der Waals surface area contributed by atoms with E-state index in [1.54, 1.807) is 4.90 Å². The van der Waals surface area contributed by atoms with E-state index in [9.17, 15) is 4.79 Å². The molecule has 0 unspecified atom stereocenters. The fraction of sp³-hybridized carbons (Fsp3) is 0.846. The average Bonchev–Trinajstić information content (AvgIpc) is 2.80. The van der Waals surface area contributed by atoms with Gasteiger partial charge in [-0.3, -0.25) is 4.99 Å². The van der Waals surface area contributed by atoms with E-state index in [4.69, 9.17) is 9.47 Å². The van der Waals surface area contributed by atoms with Crippen LogP contribution in [0, 0.1) is 5.92 Å². The molecule has 1 fully saturated rings. The maximum absolute atomic E-state index is 12.0. The van der Waals surface area contributed by atoms with Crippen LogP contribution in [0.4, 0.5) is 4.79 Å². The predicted octanol–water partition coefficient (Wildman–Crippen LogP) is 2.06. The van der Waals surface area contributed by atoms with Crippen LogP contribution in [-0.2, 0) is 9.47 Å². The lowest BCUT2D eigenvalue weighted by molar-refractivity contribution is 0.0187. The Kier molecular flexibility index (Phi) is 3.78. The molecule has 0 aromatic carbocycles. The first kappa shape index (κ1) is 13.2. The van der Waals surface area contributed by atoms with Gasteiger partial charge < -0.3 is 14.4 Å². The Bertz CT molecular complexity index is 347. The molecule has 0 N–H and O–H groups in total. The molecule has 2 aliphatic heterocycles. The number of likely N-dealkylation sites (tertiary alicyclic amines) is 1. The second-order valence-electron chi connectivity index (χ2n) is 5.83. The van der Waals surface area contributed by atoms with Crippen molar-refractivity contribution in [2.45, 2.75) is 39.2 Å². The third kappa shape index (κ3) is 3.37. The zero-order chi connectivity index (χ0) is 13.2. The van der Waals surface area contributed by atoms with Gasteiger partial charge in [-0.25, -0.2) is 4.79 Å². The molecule has 5 nitrogen and oxygen atoms in total. The number of carbonyl (C=O) groups excluding carboxylic acids is 1. The molecule has 0 aromatic heterocycles. The van der Waals surface area contributed by atoms with Gasteiger partial charge in [-0.1, -0.05) is 0 Å². The summed E-state index contributed by atoms with van der Waals surface area (Å²) in [4.78, 5) is 18.1. The highest BCUT2D eigenvalue weighted by Crippen LogP contribution is 2.22. The van der Waals surface area contributed by atoms with Crippen molar-refractivity contribution in [3.8, 4) is 0 Å². The van der Waals surface area contributed by atoms with E-state index in [1.807, 2.05) is 20.8 Å². The smallest absolute Gasteiger partial charge is 0.410 e. The molecule has 0 aliphatic carbocycles. The number of hydrogen-bond acceptors (Lipinski definition) is 4. The molecule has 0 radical (unpaired) electrons. The quantitative estimate of drug-likeness (QED) is 0.719. The van der Waals surface area contributed by atoms with E-state index >= 15 is 0 Å². The lowest BCUT2D eigenvalue weighted by Gasteiger charge is -2.33. The summed E-state index contributed by atoms with van der Waals surface area (Å²) in [5.74, 6) is 1.07. The van der Waals surface area contributed by atoms with Gasteiger partial charge >= 0.3 is 6.09 Å². The molecule has 5 heteroatoms. The van der Waals surface area contributed by atoms with Crippen molar-refractivity contribution < 1.29 is 14.3 Å². The lowest BCUT2D eigenvalue weighted by Crippen LogP contribution is -2.44. The largest absolute Gasteiger partial charge is 0.479 e. The lowest BCUT2D eigenvalue weighted by atomic mass is 9.98. The van der Waals surface area contributed by atoms with Gasteiger partial charge in [-0.2, -0.15) is 0 Å². The third-order valence-electron chi connectivity index (χ3n) is 3.03. The molecule has 1 amide bonds. The van der Waals surface area contributed by atoms with Crippen molar-refractivity contribution in [3.05, 3.63) is 0 Å². The van der Waals surface area contributed by atoms with Gasteiger partial charge in [-0.05, 0) is 33.6 Å². The monoisotopic (exact) mass is 254 g/mol. The van der Waals surface area contributed by atoms with E-state index in [-0.39, 0.29) is 12.0 Å². The number of piperidine rings is 1. The van der Waals surface area contributed by atoms with E-state index in [2.05, 4.69) is 4.99 Å². The summed E-state index contributed by atoms with van der Waals surface area (Å²) in [5.41, 5.74) is -0.439. The van der Waals surface area contributed by atoms with Crippen LogP contribution in [0.5, 0.6) is 0 Å². The van der Waals surface area contributed by atoms with Crippen LogP contribution in [0.3, 0.4) is 0 Å². The minimum atomic E-state index is -0.439. The Balaban J connectivity index is 1.92. The Hall–Kier alpha value is -1.26. The Morgan fingerprint density at radius 3 is 2.89 bits per heavy atom. The molecule has 1 atom stereocenters. The minimum Gasteiger partial charge on any atom is -0.479 e. The Morgan fingerprint density at radius 1 is 1.50 bits per heavy atom. The Morgan fingerprint density at radius 2 is 2.28 bits per heavy atom. The number of amides is 1. The molecule has 18 heavy (non-hydrogen) atoms. The maximum Gasteiger partial charge on any atom is 0.410 e. The van der Waals surface area contributed by atoms with E-state index in [0.29, 0.717) is 13.2 Å². The summed E-state index contributed by atoms with van der Waals surface area (Å²) < 4.78 is 10.9. The van der Waals surface area contributed by atoms with Crippen molar-refractivity contribution >= 4 is 12.0 Å². The van der Waals surface area contributed by atoms with Crippen LogP contribution in [0.25, 0.3) is 0 Å². The van der Waals surface area contributed by atoms with Gasteiger partial charge in [0.1, 0.15) is 12.2 Å². The SMILES string of the molecule is CC(C)(C)OC(=O)N1CCC[C@@H](C2=NCCO2)C1. The van der Waals surface area contributed by atoms with Crippen LogP contribution >= 0.6 is 0 Å². The second kappa shape index (κ2) is 5.16. The standard InChI is InChI=1S/C13H22N2O3/c1-13(2,3)18-12(16)15-7-4-5-10(9-15)11-14-6-8-17-11/h10H,4-9H2,1-3H3/t10-/m1/s1. The third-order valence-corrected chi connectivity index (χ3v) is 3.03. The van der Waals surface area contributed by atoms with Gasteiger partial charge in [0, 0.05) is 13.1 Å². The fourth-order valence-electron chi connectivity index (χ4n) is 2.27. The summed E-state index contributed by atoms with van der Waals surface area (Å²) in [5, 5.41) is 0. The molecule has 2 rings (SSSR count). The molecule has 102 valence electrons. The first-order chi connectivity index (χ1) is 8.46. The van der Waals surface area contributed by atoms with Crippen LogP contribution in [-0.4, -0.2) is 48.7 Å². The molecule has 0 bridgehead atoms. The number of aliphatic imine (C=N–C) groups is 1. The van der Waals surface area contributed by atoms with Crippen LogP contribution < -0.4 is 0 Å². The normalized spacial score (nSPS) is 24.5. The van der Waals surface area contributed by atoms with Gasteiger partial charge in [0.15, 0.2) is 5.90 Å². The van der Waals surface area contributed by atoms with E-state index in [0.717, 1.165) is 31.8 Å². The van der Waals surface area contributed by atoms with Crippen molar-refractivity contribution in [3.63, 3.8) is 0 Å². The summed E-state index contributed by atoms with van der Waals surface area (Å²) >= 11 is 0. The van der Waals surface area contributed by atoms with Crippen molar-refractivity contribution in [1.29, 1.82) is 0 Å². The first-order valence-corrected chi connectivity index (χ1v) is 6.61. The molecule has 2 heterocycles. The second-order valence-corrected chi connectivity index (χ2v) is 5.83. The highest BCUT2D eigenvalue weighted by atomic mass is 16.6. The van der Waals surface area contributed by atoms with Crippen LogP contribution in [0.15, 0.2) is 4.99 Å². The van der Waals surface area contributed by atoms with E-state index in [1.165, 1.54) is 0 Å². The zero-order valence-electron chi connectivity index (χ0n) is 11.4. The molecule has 0 spiro atoms. The molecule has 1 saturated heterocycles. The first-order valence-electron chi connectivity index (χ1n) is 6.61.